The minimum atomic E-state index is -0.377. The monoisotopic (exact) mass is 205 g/mol. The van der Waals surface area contributed by atoms with Crippen molar-refractivity contribution in [2.45, 2.75) is 0 Å². The lowest BCUT2D eigenvalue weighted by Crippen LogP contribution is -2.41. The van der Waals surface area contributed by atoms with Crippen molar-refractivity contribution < 1.29 is 19.8 Å². The summed E-state index contributed by atoms with van der Waals surface area (Å²) in [5.41, 5.74) is 0. The van der Waals surface area contributed by atoms with E-state index in [1.165, 1.54) is 0 Å². The lowest BCUT2D eigenvalue weighted by molar-refractivity contribution is -0.125. The number of aliphatic hydroxyl groups is 2. The second kappa shape index (κ2) is 8.42. The van der Waals surface area contributed by atoms with Crippen LogP contribution in [0.5, 0.6) is 0 Å². The highest BCUT2D eigenvalue weighted by atomic mass is 16.3. The molecule has 0 aliphatic heterocycles. The van der Waals surface area contributed by atoms with Gasteiger partial charge in [-0.3, -0.25) is 14.9 Å². The van der Waals surface area contributed by atoms with Gasteiger partial charge in [0.05, 0.1) is 26.4 Å². The highest BCUT2D eigenvalue weighted by molar-refractivity contribution is 5.85. The first-order valence-electron chi connectivity index (χ1n) is 4.16. The van der Waals surface area contributed by atoms with Crippen molar-refractivity contribution in [2.24, 2.45) is 0 Å². The van der Waals surface area contributed by atoms with Crippen LogP contribution in [0.15, 0.2) is 0 Å². The Hall–Kier alpha value is -1.18. The van der Waals surface area contributed by atoms with Crippen molar-refractivity contribution in [3.63, 3.8) is 0 Å². The van der Waals surface area contributed by atoms with Gasteiger partial charge in [-0.05, 0) is 0 Å². The van der Waals surface area contributed by atoms with Gasteiger partial charge in [-0.1, -0.05) is 0 Å². The SMILES string of the molecule is O=C(CNCO)NCC(=O)NCCO. The quantitative estimate of drug-likeness (QED) is 0.280. The Morgan fingerprint density at radius 3 is 2.21 bits per heavy atom. The standard InChI is InChI=1S/C7H15N3O4/c11-2-1-9-7(14)4-10-6(13)3-8-5-12/h8,11-12H,1-5H2,(H,9,14)(H,10,13). The third-order valence-electron chi connectivity index (χ3n) is 1.28. The molecule has 0 aliphatic carbocycles. The Labute approximate surface area is 81.5 Å². The van der Waals surface area contributed by atoms with Gasteiger partial charge >= 0.3 is 0 Å². The van der Waals surface area contributed by atoms with Crippen LogP contribution in [0.2, 0.25) is 0 Å². The molecule has 7 heteroatoms. The van der Waals surface area contributed by atoms with Crippen molar-refractivity contribution in [2.75, 3.05) is 33.0 Å². The largest absolute Gasteiger partial charge is 0.395 e. The number of carbonyl (C=O) groups is 2. The van der Waals surface area contributed by atoms with E-state index in [0.717, 1.165) is 0 Å². The molecule has 0 radical (unpaired) electrons. The minimum absolute atomic E-state index is 0.0379. The van der Waals surface area contributed by atoms with Gasteiger partial charge in [0.2, 0.25) is 11.8 Å². The van der Waals surface area contributed by atoms with Gasteiger partial charge in [-0.25, -0.2) is 0 Å². The molecule has 0 aliphatic rings. The van der Waals surface area contributed by atoms with E-state index in [4.69, 9.17) is 10.2 Å². The number of hydrogen-bond acceptors (Lipinski definition) is 5. The number of aliphatic hydroxyl groups excluding tert-OH is 2. The summed E-state index contributed by atoms with van der Waals surface area (Å²) in [7, 11) is 0. The molecule has 0 spiro atoms. The summed E-state index contributed by atoms with van der Waals surface area (Å²) < 4.78 is 0. The smallest absolute Gasteiger partial charge is 0.239 e. The number of nitrogens with one attached hydrogen (secondary N) is 3. The van der Waals surface area contributed by atoms with Gasteiger partial charge in [-0.15, -0.1) is 0 Å². The molecular weight excluding hydrogens is 190 g/mol. The molecule has 14 heavy (non-hydrogen) atoms. The first kappa shape index (κ1) is 12.8. The number of amides is 2. The molecule has 2 amide bonds. The molecule has 0 saturated heterocycles. The maximum absolute atomic E-state index is 10.9. The van der Waals surface area contributed by atoms with Crippen LogP contribution in [0.1, 0.15) is 0 Å². The molecule has 0 bridgehead atoms. The fourth-order valence-corrected chi connectivity index (χ4v) is 0.669. The normalized spacial score (nSPS) is 9.57. The van der Waals surface area contributed by atoms with Gasteiger partial charge in [0.15, 0.2) is 0 Å². The average Bonchev–Trinajstić information content (AvgIpc) is 2.20. The summed E-state index contributed by atoms with van der Waals surface area (Å²) in [5, 5.41) is 23.8. The predicted molar refractivity (Wildman–Crippen MR) is 48.2 cm³/mol. The van der Waals surface area contributed by atoms with Crippen LogP contribution < -0.4 is 16.0 Å². The zero-order valence-electron chi connectivity index (χ0n) is 7.75. The van der Waals surface area contributed by atoms with Gasteiger partial charge in [-0.2, -0.15) is 0 Å². The van der Waals surface area contributed by atoms with Gasteiger partial charge < -0.3 is 20.8 Å². The lowest BCUT2D eigenvalue weighted by atomic mass is 10.5. The second-order valence-corrected chi connectivity index (χ2v) is 2.44. The maximum Gasteiger partial charge on any atom is 0.239 e. The van der Waals surface area contributed by atoms with Crippen LogP contribution >= 0.6 is 0 Å². The van der Waals surface area contributed by atoms with E-state index in [9.17, 15) is 9.59 Å². The third kappa shape index (κ3) is 7.47. The van der Waals surface area contributed by atoms with E-state index in [1.807, 2.05) is 0 Å². The Bertz CT molecular complexity index is 166. The second-order valence-electron chi connectivity index (χ2n) is 2.44. The first-order chi connectivity index (χ1) is 6.70. The number of rotatable bonds is 7. The predicted octanol–water partition coefficient (Wildman–Crippen LogP) is -3.25. The molecule has 0 aromatic carbocycles. The highest BCUT2D eigenvalue weighted by Gasteiger charge is 2.03. The Balaban J connectivity index is 3.41. The molecule has 7 nitrogen and oxygen atoms in total. The Morgan fingerprint density at radius 2 is 1.64 bits per heavy atom. The van der Waals surface area contributed by atoms with Gasteiger partial charge in [0, 0.05) is 6.54 Å². The molecular formula is C7H15N3O4. The zero-order valence-corrected chi connectivity index (χ0v) is 7.75. The molecule has 82 valence electrons. The minimum Gasteiger partial charge on any atom is -0.395 e. The lowest BCUT2D eigenvalue weighted by Gasteiger charge is -2.05. The summed E-state index contributed by atoms with van der Waals surface area (Å²) in [5.74, 6) is -0.741. The molecule has 0 fully saturated rings. The van der Waals surface area contributed by atoms with E-state index < -0.39 is 0 Å². The van der Waals surface area contributed by atoms with Crippen molar-refractivity contribution >= 4 is 11.8 Å². The van der Waals surface area contributed by atoms with E-state index >= 15 is 0 Å². The zero-order chi connectivity index (χ0) is 10.8. The molecule has 0 heterocycles. The molecule has 0 rings (SSSR count). The fourth-order valence-electron chi connectivity index (χ4n) is 0.669. The van der Waals surface area contributed by atoms with Crippen LogP contribution in [0, 0.1) is 0 Å². The molecule has 0 atom stereocenters. The van der Waals surface area contributed by atoms with Crippen molar-refractivity contribution in [3.05, 3.63) is 0 Å². The molecule has 0 aromatic heterocycles. The van der Waals surface area contributed by atoms with Gasteiger partial charge in [0.25, 0.3) is 0 Å². The average molecular weight is 205 g/mol. The van der Waals surface area contributed by atoms with Crippen molar-refractivity contribution in [1.82, 2.24) is 16.0 Å². The molecule has 5 N–H and O–H groups in total. The van der Waals surface area contributed by atoms with E-state index in [1.54, 1.807) is 0 Å². The third-order valence-corrected chi connectivity index (χ3v) is 1.28. The van der Waals surface area contributed by atoms with Crippen LogP contribution in [0.3, 0.4) is 0 Å². The molecule has 0 unspecified atom stereocenters. The summed E-state index contributed by atoms with van der Waals surface area (Å²) >= 11 is 0. The Kier molecular flexibility index (Phi) is 7.71. The summed E-state index contributed by atoms with van der Waals surface area (Å²) in [6.07, 6.45) is 0. The van der Waals surface area contributed by atoms with Crippen LogP contribution in [0.25, 0.3) is 0 Å². The van der Waals surface area contributed by atoms with E-state index in [-0.39, 0.29) is 44.8 Å². The first-order valence-corrected chi connectivity index (χ1v) is 4.16. The van der Waals surface area contributed by atoms with E-state index in [0.29, 0.717) is 0 Å². The topological polar surface area (TPSA) is 111 Å². The summed E-state index contributed by atoms with van der Waals surface area (Å²) in [6.45, 7) is -0.421. The summed E-state index contributed by atoms with van der Waals surface area (Å²) in [4.78, 5) is 21.7. The Morgan fingerprint density at radius 1 is 1.00 bits per heavy atom. The van der Waals surface area contributed by atoms with Crippen LogP contribution in [-0.4, -0.2) is 55.0 Å². The molecule has 0 saturated carbocycles. The maximum atomic E-state index is 10.9. The fraction of sp³-hybridized carbons (Fsp3) is 0.714. The summed E-state index contributed by atoms with van der Waals surface area (Å²) in [6, 6.07) is 0. The van der Waals surface area contributed by atoms with Crippen LogP contribution in [-0.2, 0) is 9.59 Å². The number of hydrogen-bond donors (Lipinski definition) is 5. The van der Waals surface area contributed by atoms with Crippen molar-refractivity contribution in [3.8, 4) is 0 Å². The van der Waals surface area contributed by atoms with Crippen molar-refractivity contribution in [1.29, 1.82) is 0 Å². The highest BCUT2D eigenvalue weighted by Crippen LogP contribution is 1.66. The van der Waals surface area contributed by atoms with Gasteiger partial charge in [0.1, 0.15) is 0 Å². The molecule has 0 aromatic rings. The van der Waals surface area contributed by atoms with Crippen LogP contribution in [0.4, 0.5) is 0 Å². The van der Waals surface area contributed by atoms with E-state index in [2.05, 4.69) is 16.0 Å². The number of carbonyl (C=O) groups excluding carboxylic acids is 2.